The van der Waals surface area contributed by atoms with E-state index in [1.165, 1.54) is 11.8 Å². The molecule has 0 spiro atoms. The highest BCUT2D eigenvalue weighted by Crippen LogP contribution is 2.38. The Morgan fingerprint density at radius 1 is 1.29 bits per heavy atom. The predicted octanol–water partition coefficient (Wildman–Crippen LogP) is 1.84. The van der Waals surface area contributed by atoms with Gasteiger partial charge in [0.2, 0.25) is 0 Å². The first-order chi connectivity index (χ1) is 8.20. The standard InChI is InChI=1S/C12H13NO2S2/c13-7-8-1-3-9(4-2-8)17-12-11(15)10(14)5-6-16-12/h1-4,10-12,14-15H,5-6H2/t10-,11+,12-/m0/s1. The minimum absolute atomic E-state index is 0.0355. The van der Waals surface area contributed by atoms with E-state index in [2.05, 4.69) is 6.07 Å². The van der Waals surface area contributed by atoms with Gasteiger partial charge in [0, 0.05) is 4.90 Å². The molecule has 2 N–H and O–H groups in total. The molecule has 1 aliphatic rings. The average Bonchev–Trinajstić information content (AvgIpc) is 2.36. The Bertz CT molecular complexity index is 416. The molecule has 0 radical (unpaired) electrons. The third-order valence-electron chi connectivity index (χ3n) is 2.60. The first-order valence-corrected chi connectivity index (χ1v) is 7.28. The number of hydrogen-bond donors (Lipinski definition) is 2. The summed E-state index contributed by atoms with van der Waals surface area (Å²) in [5, 5.41) is 28.1. The summed E-state index contributed by atoms with van der Waals surface area (Å²) in [6.07, 6.45) is -0.655. The van der Waals surface area contributed by atoms with Crippen molar-refractivity contribution < 1.29 is 10.2 Å². The van der Waals surface area contributed by atoms with Gasteiger partial charge in [0.15, 0.2) is 0 Å². The molecule has 90 valence electrons. The first-order valence-electron chi connectivity index (χ1n) is 5.35. The maximum Gasteiger partial charge on any atom is 0.101 e. The van der Waals surface area contributed by atoms with E-state index in [1.54, 1.807) is 23.9 Å². The summed E-state index contributed by atoms with van der Waals surface area (Å²) in [6, 6.07) is 9.34. The lowest BCUT2D eigenvalue weighted by Crippen LogP contribution is -2.38. The van der Waals surface area contributed by atoms with Crippen LogP contribution in [0.5, 0.6) is 0 Å². The van der Waals surface area contributed by atoms with E-state index >= 15 is 0 Å². The molecule has 1 aromatic rings. The van der Waals surface area contributed by atoms with Crippen molar-refractivity contribution in [2.24, 2.45) is 0 Å². The van der Waals surface area contributed by atoms with Crippen LogP contribution >= 0.6 is 23.5 Å². The molecule has 2 rings (SSSR count). The smallest absolute Gasteiger partial charge is 0.101 e. The molecule has 1 saturated heterocycles. The second-order valence-electron chi connectivity index (χ2n) is 3.84. The van der Waals surface area contributed by atoms with Crippen LogP contribution in [0.25, 0.3) is 0 Å². The Hall–Kier alpha value is -0.670. The van der Waals surface area contributed by atoms with E-state index in [-0.39, 0.29) is 4.58 Å². The molecule has 3 nitrogen and oxygen atoms in total. The summed E-state index contributed by atoms with van der Waals surface area (Å²) in [7, 11) is 0. The van der Waals surface area contributed by atoms with Crippen LogP contribution in [0.4, 0.5) is 0 Å². The molecule has 0 bridgehead atoms. The zero-order valence-electron chi connectivity index (χ0n) is 9.11. The average molecular weight is 267 g/mol. The van der Waals surface area contributed by atoms with Gasteiger partial charge in [-0.15, -0.1) is 23.5 Å². The molecule has 5 heteroatoms. The van der Waals surface area contributed by atoms with E-state index in [4.69, 9.17) is 5.26 Å². The third kappa shape index (κ3) is 3.17. The highest BCUT2D eigenvalue weighted by molar-refractivity contribution is 8.17. The molecule has 0 aromatic heterocycles. The maximum atomic E-state index is 9.86. The van der Waals surface area contributed by atoms with Crippen molar-refractivity contribution in [1.29, 1.82) is 5.26 Å². The molecule has 0 saturated carbocycles. The number of hydrogen-bond acceptors (Lipinski definition) is 5. The van der Waals surface area contributed by atoms with E-state index in [1.807, 2.05) is 12.1 Å². The molecular weight excluding hydrogens is 254 g/mol. The Labute approximate surface area is 109 Å². The van der Waals surface area contributed by atoms with Gasteiger partial charge >= 0.3 is 0 Å². The Morgan fingerprint density at radius 3 is 2.65 bits per heavy atom. The fourth-order valence-corrected chi connectivity index (χ4v) is 4.37. The van der Waals surface area contributed by atoms with Crippen molar-refractivity contribution in [3.63, 3.8) is 0 Å². The zero-order valence-corrected chi connectivity index (χ0v) is 10.7. The second-order valence-corrected chi connectivity index (χ2v) is 6.60. The highest BCUT2D eigenvalue weighted by Gasteiger charge is 2.31. The van der Waals surface area contributed by atoms with E-state index in [0.29, 0.717) is 12.0 Å². The van der Waals surface area contributed by atoms with E-state index < -0.39 is 12.2 Å². The lowest BCUT2D eigenvalue weighted by molar-refractivity contribution is 0.0251. The second kappa shape index (κ2) is 5.78. The van der Waals surface area contributed by atoms with Crippen LogP contribution in [-0.4, -0.2) is 32.8 Å². The van der Waals surface area contributed by atoms with Crippen molar-refractivity contribution >= 4 is 23.5 Å². The van der Waals surface area contributed by atoms with E-state index in [0.717, 1.165) is 10.6 Å². The summed E-state index contributed by atoms with van der Waals surface area (Å²) >= 11 is 3.21. The van der Waals surface area contributed by atoms with Gasteiger partial charge in [0.1, 0.15) is 6.10 Å². The van der Waals surface area contributed by atoms with Gasteiger partial charge in [-0.25, -0.2) is 0 Å². The molecule has 1 heterocycles. The first kappa shape index (κ1) is 12.8. The number of nitrogens with zero attached hydrogens (tertiary/aromatic N) is 1. The molecular formula is C12H13NO2S2. The molecule has 0 amide bonds. The number of rotatable bonds is 2. The van der Waals surface area contributed by atoms with Gasteiger partial charge in [0.05, 0.1) is 22.3 Å². The quantitative estimate of drug-likeness (QED) is 0.856. The van der Waals surface area contributed by atoms with Gasteiger partial charge in [0.25, 0.3) is 0 Å². The van der Waals surface area contributed by atoms with Gasteiger partial charge < -0.3 is 10.2 Å². The largest absolute Gasteiger partial charge is 0.390 e. The number of nitriles is 1. The molecule has 3 atom stereocenters. The predicted molar refractivity (Wildman–Crippen MR) is 69.9 cm³/mol. The van der Waals surface area contributed by atoms with E-state index in [9.17, 15) is 10.2 Å². The Kier molecular flexibility index (Phi) is 4.35. The summed E-state index contributed by atoms with van der Waals surface area (Å²) < 4.78 is -0.0355. The summed E-state index contributed by atoms with van der Waals surface area (Å²) in [5.74, 6) is 0.867. The number of aliphatic hydroxyl groups excluding tert-OH is 2. The molecule has 0 unspecified atom stereocenters. The van der Waals surface area contributed by atoms with Crippen LogP contribution in [0.1, 0.15) is 12.0 Å². The number of thioether (sulfide) groups is 2. The minimum Gasteiger partial charge on any atom is -0.390 e. The Morgan fingerprint density at radius 2 is 2.00 bits per heavy atom. The summed E-state index contributed by atoms with van der Waals surface area (Å²) in [5.41, 5.74) is 0.631. The van der Waals surface area contributed by atoms with Crippen molar-refractivity contribution in [2.45, 2.75) is 28.1 Å². The monoisotopic (exact) mass is 267 g/mol. The van der Waals surface area contributed by atoms with Crippen molar-refractivity contribution in [1.82, 2.24) is 0 Å². The van der Waals surface area contributed by atoms with Gasteiger partial charge in [-0.05, 0) is 36.4 Å². The third-order valence-corrected chi connectivity index (χ3v) is 5.44. The van der Waals surface area contributed by atoms with Crippen molar-refractivity contribution in [2.75, 3.05) is 5.75 Å². The SMILES string of the molecule is N#Cc1ccc(S[C@@H]2SCC[C@H](O)[C@H]2O)cc1. The minimum atomic E-state index is -0.686. The summed E-state index contributed by atoms with van der Waals surface area (Å²) in [4.78, 5) is 1.01. The maximum absolute atomic E-state index is 9.86. The number of aliphatic hydroxyl groups is 2. The van der Waals surface area contributed by atoms with Crippen LogP contribution in [-0.2, 0) is 0 Å². The molecule has 1 fully saturated rings. The summed E-state index contributed by atoms with van der Waals surface area (Å²) in [6.45, 7) is 0. The molecule has 17 heavy (non-hydrogen) atoms. The van der Waals surface area contributed by atoms with Crippen LogP contribution in [0, 0.1) is 11.3 Å². The number of benzene rings is 1. The van der Waals surface area contributed by atoms with Gasteiger partial charge in [-0.1, -0.05) is 0 Å². The van der Waals surface area contributed by atoms with Crippen LogP contribution in [0.2, 0.25) is 0 Å². The van der Waals surface area contributed by atoms with Gasteiger partial charge in [-0.2, -0.15) is 5.26 Å². The van der Waals surface area contributed by atoms with Crippen LogP contribution in [0.15, 0.2) is 29.2 Å². The topological polar surface area (TPSA) is 64.2 Å². The lowest BCUT2D eigenvalue weighted by Gasteiger charge is -2.30. The Balaban J connectivity index is 2.02. The molecule has 1 aliphatic heterocycles. The fourth-order valence-electron chi connectivity index (χ4n) is 1.60. The highest BCUT2D eigenvalue weighted by atomic mass is 32.2. The van der Waals surface area contributed by atoms with Crippen LogP contribution in [0.3, 0.4) is 0 Å². The lowest BCUT2D eigenvalue weighted by atomic mass is 10.2. The van der Waals surface area contributed by atoms with Gasteiger partial charge in [-0.3, -0.25) is 0 Å². The molecule has 0 aliphatic carbocycles. The van der Waals surface area contributed by atoms with Crippen LogP contribution < -0.4 is 0 Å². The zero-order chi connectivity index (χ0) is 12.3. The fraction of sp³-hybridized carbons (Fsp3) is 0.417. The normalized spacial score (nSPS) is 28.6. The molecule has 1 aromatic carbocycles. The van der Waals surface area contributed by atoms with Crippen molar-refractivity contribution in [3.8, 4) is 6.07 Å². The van der Waals surface area contributed by atoms with Crippen molar-refractivity contribution in [3.05, 3.63) is 29.8 Å².